The lowest BCUT2D eigenvalue weighted by atomic mass is 10.0. The number of aliphatic hydroxyl groups excluding tert-OH is 1. The highest BCUT2D eigenvalue weighted by atomic mass is 35.5. The predicted molar refractivity (Wildman–Crippen MR) is 117 cm³/mol. The van der Waals surface area contributed by atoms with Crippen LogP contribution in [0.25, 0.3) is 0 Å². The largest absolute Gasteiger partial charge is 0.573 e. The van der Waals surface area contributed by atoms with Crippen molar-refractivity contribution < 1.29 is 32.5 Å². The monoisotopic (exact) mass is 486 g/mol. The van der Waals surface area contributed by atoms with Gasteiger partial charge in [-0.3, -0.25) is 4.79 Å². The van der Waals surface area contributed by atoms with E-state index in [2.05, 4.69) is 15.0 Å². The van der Waals surface area contributed by atoms with Gasteiger partial charge in [0.15, 0.2) is 0 Å². The lowest BCUT2D eigenvalue weighted by molar-refractivity contribution is -0.274. The Morgan fingerprint density at radius 1 is 1.18 bits per heavy atom. The van der Waals surface area contributed by atoms with Crippen LogP contribution in [-0.2, 0) is 11.2 Å². The smallest absolute Gasteiger partial charge is 0.495 e. The molecule has 1 fully saturated rings. The molecule has 0 aliphatic carbocycles. The van der Waals surface area contributed by atoms with Crippen molar-refractivity contribution in [2.45, 2.75) is 37.8 Å². The molecule has 0 spiro atoms. The molecule has 0 aromatic heterocycles. The molecule has 10 heteroatoms. The van der Waals surface area contributed by atoms with Crippen LogP contribution < -0.4 is 14.8 Å². The van der Waals surface area contributed by atoms with Crippen molar-refractivity contribution in [2.75, 3.05) is 26.7 Å². The molecule has 33 heavy (non-hydrogen) atoms. The number of benzene rings is 2. The van der Waals surface area contributed by atoms with Crippen molar-refractivity contribution in [3.8, 4) is 11.5 Å². The second-order valence-corrected chi connectivity index (χ2v) is 8.30. The van der Waals surface area contributed by atoms with Gasteiger partial charge in [0, 0.05) is 6.54 Å². The molecule has 2 aromatic rings. The number of nitrogens with zero attached hydrogens (tertiary/aromatic N) is 1. The number of alkyl halides is 3. The number of carbonyl (C=O) groups excluding carboxylic acids is 1. The maximum Gasteiger partial charge on any atom is 0.573 e. The molecule has 1 heterocycles. The summed E-state index contributed by atoms with van der Waals surface area (Å²) >= 11 is 6.20. The first kappa shape index (κ1) is 25.1. The summed E-state index contributed by atoms with van der Waals surface area (Å²) in [6.07, 6.45) is -3.74. The van der Waals surface area contributed by atoms with Gasteiger partial charge in [0.25, 0.3) is 0 Å². The molecule has 1 aliphatic heterocycles. The van der Waals surface area contributed by atoms with Crippen LogP contribution in [0.2, 0.25) is 5.02 Å². The molecule has 1 amide bonds. The van der Waals surface area contributed by atoms with Crippen LogP contribution in [0.5, 0.6) is 11.5 Å². The maximum atomic E-state index is 12.7. The summed E-state index contributed by atoms with van der Waals surface area (Å²) in [6.45, 7) is 2.21. The molecule has 2 aromatic carbocycles. The van der Waals surface area contributed by atoms with Gasteiger partial charge in [0.1, 0.15) is 17.6 Å². The zero-order chi connectivity index (χ0) is 24.0. The maximum absolute atomic E-state index is 12.7. The molecule has 180 valence electrons. The van der Waals surface area contributed by atoms with Gasteiger partial charge in [-0.25, -0.2) is 0 Å². The summed E-state index contributed by atoms with van der Waals surface area (Å²) in [5.41, 5.74) is 1.06. The highest BCUT2D eigenvalue weighted by Crippen LogP contribution is 2.29. The number of methoxy groups -OCH3 is 1. The van der Waals surface area contributed by atoms with E-state index >= 15 is 0 Å². The fraction of sp³-hybridized carbons (Fsp3) is 0.435. The van der Waals surface area contributed by atoms with Crippen LogP contribution >= 0.6 is 11.6 Å². The zero-order valence-corrected chi connectivity index (χ0v) is 18.8. The number of halogens is 4. The summed E-state index contributed by atoms with van der Waals surface area (Å²) in [7, 11) is 1.50. The molecule has 2 atom stereocenters. The molecule has 1 saturated heterocycles. The Balaban J connectivity index is 1.68. The van der Waals surface area contributed by atoms with Crippen LogP contribution in [0.1, 0.15) is 30.1 Å². The summed E-state index contributed by atoms with van der Waals surface area (Å²) < 4.78 is 45.9. The van der Waals surface area contributed by atoms with Crippen molar-refractivity contribution >= 4 is 17.5 Å². The van der Waals surface area contributed by atoms with E-state index in [-0.39, 0.29) is 18.1 Å². The number of ether oxygens (including phenoxy) is 2. The number of nitrogens with one attached hydrogen (secondary N) is 1. The minimum atomic E-state index is -4.78. The van der Waals surface area contributed by atoms with Gasteiger partial charge < -0.3 is 24.8 Å². The number of aliphatic hydroxyl groups is 1. The van der Waals surface area contributed by atoms with E-state index in [0.717, 1.165) is 38.1 Å². The fourth-order valence-corrected chi connectivity index (χ4v) is 4.09. The molecular formula is C23H26ClF3N2O4. The van der Waals surface area contributed by atoms with Crippen LogP contribution in [0.3, 0.4) is 0 Å². The summed E-state index contributed by atoms with van der Waals surface area (Å²) in [5.74, 6) is -0.238. The van der Waals surface area contributed by atoms with Crippen molar-refractivity contribution in [2.24, 2.45) is 0 Å². The molecule has 0 saturated carbocycles. The van der Waals surface area contributed by atoms with E-state index < -0.39 is 18.5 Å². The van der Waals surface area contributed by atoms with Crippen molar-refractivity contribution in [3.63, 3.8) is 0 Å². The second-order valence-electron chi connectivity index (χ2n) is 7.89. The molecule has 6 nitrogen and oxygen atoms in total. The van der Waals surface area contributed by atoms with Gasteiger partial charge in [0.2, 0.25) is 5.91 Å². The summed E-state index contributed by atoms with van der Waals surface area (Å²) in [5, 5.41) is 14.2. The highest BCUT2D eigenvalue weighted by molar-refractivity contribution is 6.32. The van der Waals surface area contributed by atoms with E-state index in [1.165, 1.54) is 19.2 Å². The van der Waals surface area contributed by atoms with E-state index in [1.54, 1.807) is 18.2 Å². The summed E-state index contributed by atoms with van der Waals surface area (Å²) in [6, 6.07) is 9.46. The third kappa shape index (κ3) is 7.52. The molecule has 2 N–H and O–H groups in total. The van der Waals surface area contributed by atoms with Crippen LogP contribution in [0, 0.1) is 0 Å². The fourth-order valence-electron chi connectivity index (χ4n) is 3.82. The number of likely N-dealkylation sites (tertiary alicyclic amines) is 1. The Hall–Kier alpha value is -2.49. The Kier molecular flexibility index (Phi) is 8.45. The first-order valence-electron chi connectivity index (χ1n) is 10.5. The van der Waals surface area contributed by atoms with Gasteiger partial charge in [-0.05, 0) is 61.3 Å². The Labute approximate surface area is 195 Å². The normalized spacial score (nSPS) is 16.3. The average Bonchev–Trinajstić information content (AvgIpc) is 3.26. The minimum absolute atomic E-state index is 0.0567. The molecule has 2 unspecified atom stereocenters. The molecule has 1 aliphatic rings. The Morgan fingerprint density at radius 3 is 2.42 bits per heavy atom. The van der Waals surface area contributed by atoms with Gasteiger partial charge in [-0.2, -0.15) is 0 Å². The first-order valence-corrected chi connectivity index (χ1v) is 10.9. The number of hydrogen-bond acceptors (Lipinski definition) is 5. The second kappa shape index (κ2) is 11.1. The third-order valence-electron chi connectivity index (χ3n) is 5.42. The molecular weight excluding hydrogens is 461 g/mol. The van der Waals surface area contributed by atoms with Gasteiger partial charge in [-0.15, -0.1) is 13.2 Å². The van der Waals surface area contributed by atoms with Gasteiger partial charge in [-0.1, -0.05) is 29.8 Å². The van der Waals surface area contributed by atoms with E-state index in [9.17, 15) is 23.1 Å². The average molecular weight is 487 g/mol. The topological polar surface area (TPSA) is 71.0 Å². The standard InChI is InChI=1S/C23H26ClF3N2O4/c1-32-20-9-6-16(13-18(20)24)22(31)19(14-29-10-2-3-11-29)28-21(30)12-15-4-7-17(8-5-15)33-23(25,26)27/h4-9,13,19,22,31H,2-3,10-12,14H2,1H3,(H,28,30). The quantitative estimate of drug-likeness (QED) is 0.558. The Bertz CT molecular complexity index is 934. The predicted octanol–water partition coefficient (Wildman–Crippen LogP) is 4.10. The van der Waals surface area contributed by atoms with Gasteiger partial charge in [0.05, 0.1) is 24.6 Å². The van der Waals surface area contributed by atoms with Crippen molar-refractivity contribution in [3.05, 3.63) is 58.6 Å². The van der Waals surface area contributed by atoms with E-state index in [0.29, 0.717) is 28.4 Å². The SMILES string of the molecule is COc1ccc(C(O)C(CN2CCCC2)NC(=O)Cc2ccc(OC(F)(F)F)cc2)cc1Cl. The first-order chi connectivity index (χ1) is 15.6. The number of hydrogen-bond donors (Lipinski definition) is 2. The van der Waals surface area contributed by atoms with Crippen molar-refractivity contribution in [1.29, 1.82) is 0 Å². The van der Waals surface area contributed by atoms with E-state index in [1.807, 2.05) is 0 Å². The highest BCUT2D eigenvalue weighted by Gasteiger charge is 2.31. The lowest BCUT2D eigenvalue weighted by Gasteiger charge is -2.29. The molecule has 3 rings (SSSR count). The van der Waals surface area contributed by atoms with E-state index in [4.69, 9.17) is 16.3 Å². The molecule has 0 radical (unpaired) electrons. The van der Waals surface area contributed by atoms with Crippen molar-refractivity contribution in [1.82, 2.24) is 10.2 Å². The number of rotatable bonds is 9. The van der Waals surface area contributed by atoms with Gasteiger partial charge >= 0.3 is 6.36 Å². The lowest BCUT2D eigenvalue weighted by Crippen LogP contribution is -2.47. The molecule has 0 bridgehead atoms. The third-order valence-corrected chi connectivity index (χ3v) is 5.72. The van der Waals surface area contributed by atoms with Crippen LogP contribution in [0.15, 0.2) is 42.5 Å². The minimum Gasteiger partial charge on any atom is -0.495 e. The number of amides is 1. The summed E-state index contributed by atoms with van der Waals surface area (Å²) in [4.78, 5) is 14.9. The Morgan fingerprint density at radius 2 is 1.85 bits per heavy atom. The number of carbonyl (C=O) groups is 1. The zero-order valence-electron chi connectivity index (χ0n) is 18.1. The van der Waals surface area contributed by atoms with Crippen LogP contribution in [0.4, 0.5) is 13.2 Å². The van der Waals surface area contributed by atoms with Crippen LogP contribution in [-0.4, -0.2) is 55.1 Å².